The van der Waals surface area contributed by atoms with Crippen LogP contribution in [0.25, 0.3) is 0 Å². The van der Waals surface area contributed by atoms with Crippen LogP contribution in [0.4, 0.5) is 0 Å². The Hall–Kier alpha value is -1.21. The fourth-order valence-electron chi connectivity index (χ4n) is 1.67. The lowest BCUT2D eigenvalue weighted by atomic mass is 10.0. The summed E-state index contributed by atoms with van der Waals surface area (Å²) < 4.78 is 0. The second-order valence-electron chi connectivity index (χ2n) is 3.73. The maximum absolute atomic E-state index is 4.66. The monoisotopic (exact) mass is 214 g/mol. The Labute approximate surface area is 96.4 Å². The fourth-order valence-corrected chi connectivity index (χ4v) is 2.00. The number of hydrogen-bond acceptors (Lipinski definition) is 1. The normalized spacial score (nSPS) is 12.4. The smallest absolute Gasteiger partial charge is 0.0516 e. The average molecular weight is 214 g/mol. The first kappa shape index (κ1) is 10.3. The first-order chi connectivity index (χ1) is 7.27. The van der Waals surface area contributed by atoms with Crippen molar-refractivity contribution in [3.05, 3.63) is 71.3 Å². The standard InChI is InChI=1S/C14H14S/c1-11-6-5-9-13(10-11)14(15)12-7-3-2-4-8-12/h2-10,14-15H,1H3. The van der Waals surface area contributed by atoms with Crippen molar-refractivity contribution < 1.29 is 0 Å². The average Bonchev–Trinajstić information content (AvgIpc) is 2.29. The van der Waals surface area contributed by atoms with Crippen LogP contribution in [0, 0.1) is 6.92 Å². The summed E-state index contributed by atoms with van der Waals surface area (Å²) in [5.74, 6) is 0. The molecule has 2 rings (SSSR count). The predicted molar refractivity (Wildman–Crippen MR) is 68.5 cm³/mol. The van der Waals surface area contributed by atoms with E-state index >= 15 is 0 Å². The summed E-state index contributed by atoms with van der Waals surface area (Å²) in [4.78, 5) is 0. The van der Waals surface area contributed by atoms with Crippen LogP contribution in [0.5, 0.6) is 0 Å². The Morgan fingerprint density at radius 2 is 1.53 bits per heavy atom. The third-order valence-electron chi connectivity index (χ3n) is 2.47. The Morgan fingerprint density at radius 3 is 2.20 bits per heavy atom. The Bertz CT molecular complexity index is 434. The first-order valence-electron chi connectivity index (χ1n) is 5.07. The number of rotatable bonds is 2. The van der Waals surface area contributed by atoms with E-state index in [0.717, 1.165) is 0 Å². The Balaban J connectivity index is 2.32. The predicted octanol–water partition coefficient (Wildman–Crippen LogP) is 4.01. The molecule has 76 valence electrons. The van der Waals surface area contributed by atoms with Crippen LogP contribution in [0.1, 0.15) is 21.9 Å². The summed E-state index contributed by atoms with van der Waals surface area (Å²) in [7, 11) is 0. The molecule has 0 bridgehead atoms. The number of aryl methyl sites for hydroxylation is 1. The molecular formula is C14H14S. The molecule has 0 amide bonds. The molecule has 0 aromatic heterocycles. The van der Waals surface area contributed by atoms with Crippen molar-refractivity contribution in [2.45, 2.75) is 12.2 Å². The van der Waals surface area contributed by atoms with E-state index < -0.39 is 0 Å². The van der Waals surface area contributed by atoms with Crippen molar-refractivity contribution in [1.82, 2.24) is 0 Å². The summed E-state index contributed by atoms with van der Waals surface area (Å²) in [6.45, 7) is 2.11. The molecule has 0 aliphatic heterocycles. The van der Waals surface area contributed by atoms with E-state index in [-0.39, 0.29) is 5.25 Å². The minimum Gasteiger partial charge on any atom is -0.166 e. The zero-order valence-electron chi connectivity index (χ0n) is 8.72. The Morgan fingerprint density at radius 1 is 0.867 bits per heavy atom. The van der Waals surface area contributed by atoms with E-state index in [4.69, 9.17) is 0 Å². The molecule has 0 N–H and O–H groups in total. The summed E-state index contributed by atoms with van der Waals surface area (Å²) in [6.07, 6.45) is 0. The maximum Gasteiger partial charge on any atom is 0.0516 e. The van der Waals surface area contributed by atoms with E-state index in [0.29, 0.717) is 0 Å². The van der Waals surface area contributed by atoms with Gasteiger partial charge in [0.15, 0.2) is 0 Å². The zero-order valence-corrected chi connectivity index (χ0v) is 9.62. The molecule has 1 unspecified atom stereocenters. The SMILES string of the molecule is Cc1cccc(C(S)c2ccccc2)c1. The van der Waals surface area contributed by atoms with E-state index in [2.05, 4.69) is 56.0 Å². The van der Waals surface area contributed by atoms with Gasteiger partial charge in [0.25, 0.3) is 0 Å². The van der Waals surface area contributed by atoms with E-state index in [1.165, 1.54) is 16.7 Å². The van der Waals surface area contributed by atoms with Gasteiger partial charge in [-0.05, 0) is 18.1 Å². The van der Waals surface area contributed by atoms with Gasteiger partial charge in [0.05, 0.1) is 5.25 Å². The van der Waals surface area contributed by atoms with Gasteiger partial charge in [0.2, 0.25) is 0 Å². The second-order valence-corrected chi connectivity index (χ2v) is 4.24. The van der Waals surface area contributed by atoms with Crippen LogP contribution >= 0.6 is 12.6 Å². The van der Waals surface area contributed by atoms with Crippen LogP contribution in [0.15, 0.2) is 54.6 Å². The molecule has 0 fully saturated rings. The summed E-state index contributed by atoms with van der Waals surface area (Å²) in [5, 5.41) is 0.172. The topological polar surface area (TPSA) is 0 Å². The highest BCUT2D eigenvalue weighted by Crippen LogP contribution is 2.28. The molecule has 0 spiro atoms. The molecule has 0 nitrogen and oxygen atoms in total. The van der Waals surface area contributed by atoms with Crippen LogP contribution in [0.3, 0.4) is 0 Å². The van der Waals surface area contributed by atoms with Gasteiger partial charge >= 0.3 is 0 Å². The van der Waals surface area contributed by atoms with E-state index in [1.807, 2.05) is 18.2 Å². The second kappa shape index (κ2) is 4.54. The van der Waals surface area contributed by atoms with Crippen molar-refractivity contribution in [2.75, 3.05) is 0 Å². The van der Waals surface area contributed by atoms with Crippen molar-refractivity contribution in [1.29, 1.82) is 0 Å². The van der Waals surface area contributed by atoms with E-state index in [1.54, 1.807) is 0 Å². The highest BCUT2D eigenvalue weighted by atomic mass is 32.1. The number of hydrogen-bond donors (Lipinski definition) is 1. The van der Waals surface area contributed by atoms with Gasteiger partial charge in [0, 0.05) is 0 Å². The quantitative estimate of drug-likeness (QED) is 0.717. The lowest BCUT2D eigenvalue weighted by molar-refractivity contribution is 1.16. The van der Waals surface area contributed by atoms with Crippen molar-refractivity contribution in [2.24, 2.45) is 0 Å². The van der Waals surface area contributed by atoms with Crippen LogP contribution in [0.2, 0.25) is 0 Å². The number of benzene rings is 2. The van der Waals surface area contributed by atoms with Crippen LogP contribution in [-0.4, -0.2) is 0 Å². The van der Waals surface area contributed by atoms with Gasteiger partial charge in [-0.3, -0.25) is 0 Å². The molecule has 0 saturated heterocycles. The first-order valence-corrected chi connectivity index (χ1v) is 5.58. The van der Waals surface area contributed by atoms with Gasteiger partial charge in [-0.2, -0.15) is 12.6 Å². The molecule has 0 aliphatic rings. The van der Waals surface area contributed by atoms with Gasteiger partial charge in [-0.1, -0.05) is 60.2 Å². The minimum absolute atomic E-state index is 0.172. The molecule has 0 heterocycles. The summed E-state index contributed by atoms with van der Waals surface area (Å²) in [5.41, 5.74) is 3.78. The lowest BCUT2D eigenvalue weighted by Gasteiger charge is -2.11. The fraction of sp³-hybridized carbons (Fsp3) is 0.143. The van der Waals surface area contributed by atoms with Crippen LogP contribution < -0.4 is 0 Å². The van der Waals surface area contributed by atoms with Crippen molar-refractivity contribution in [3.63, 3.8) is 0 Å². The van der Waals surface area contributed by atoms with Gasteiger partial charge < -0.3 is 0 Å². The molecule has 0 aliphatic carbocycles. The third-order valence-corrected chi connectivity index (χ3v) is 3.07. The summed E-state index contributed by atoms with van der Waals surface area (Å²) in [6, 6.07) is 18.8. The van der Waals surface area contributed by atoms with Gasteiger partial charge in [0.1, 0.15) is 0 Å². The number of thiol groups is 1. The van der Waals surface area contributed by atoms with Crippen molar-refractivity contribution in [3.8, 4) is 0 Å². The molecule has 0 radical (unpaired) electrons. The molecule has 0 saturated carbocycles. The molecule has 1 heteroatoms. The molecule has 2 aromatic carbocycles. The Kier molecular flexibility index (Phi) is 3.12. The van der Waals surface area contributed by atoms with Crippen molar-refractivity contribution >= 4 is 12.6 Å². The molecule has 15 heavy (non-hydrogen) atoms. The third kappa shape index (κ3) is 2.42. The zero-order chi connectivity index (χ0) is 10.7. The molecule has 2 aromatic rings. The lowest BCUT2D eigenvalue weighted by Crippen LogP contribution is -1.93. The highest BCUT2D eigenvalue weighted by Gasteiger charge is 2.07. The highest BCUT2D eigenvalue weighted by molar-refractivity contribution is 7.80. The molecular weight excluding hydrogens is 200 g/mol. The van der Waals surface area contributed by atoms with Crippen LogP contribution in [-0.2, 0) is 0 Å². The van der Waals surface area contributed by atoms with Gasteiger partial charge in [-0.25, -0.2) is 0 Å². The summed E-state index contributed by atoms with van der Waals surface area (Å²) >= 11 is 4.66. The van der Waals surface area contributed by atoms with E-state index in [9.17, 15) is 0 Å². The maximum atomic E-state index is 4.66. The largest absolute Gasteiger partial charge is 0.166 e. The molecule has 1 atom stereocenters. The van der Waals surface area contributed by atoms with Gasteiger partial charge in [-0.15, -0.1) is 0 Å². The minimum atomic E-state index is 0.172.